The first-order chi connectivity index (χ1) is 20.7. The Balaban J connectivity index is 1.54. The van der Waals surface area contributed by atoms with Crippen LogP contribution < -0.4 is 5.56 Å². The Hall–Kier alpha value is -4.80. The molecule has 3 aliphatic heterocycles. The second-order valence-corrected chi connectivity index (χ2v) is 10.3. The zero-order chi connectivity index (χ0) is 30.5. The molecule has 3 aromatic rings. The molecule has 0 radical (unpaired) electrons. The molecule has 0 aliphatic carbocycles. The number of ether oxygens (including phenoxy) is 2. The van der Waals surface area contributed by atoms with Crippen LogP contribution in [-0.4, -0.2) is 81.0 Å². The first-order valence-electron chi connectivity index (χ1n) is 13.6. The number of carbonyl (C=O) groups excluding carboxylic acids is 1. The number of rotatable bonds is 8. The highest BCUT2D eigenvalue weighted by atomic mass is 16.6. The van der Waals surface area contributed by atoms with Gasteiger partial charge in [-0.2, -0.15) is 0 Å². The minimum Gasteiger partial charge on any atom is -0.458 e. The quantitative estimate of drug-likeness (QED) is 0.102. The highest BCUT2D eigenvalue weighted by molar-refractivity contribution is 6.07. The van der Waals surface area contributed by atoms with E-state index in [9.17, 15) is 34.9 Å². The summed E-state index contributed by atoms with van der Waals surface area (Å²) in [6.07, 6.45) is 0.999. The van der Waals surface area contributed by atoms with Crippen LogP contribution in [0.4, 0.5) is 11.4 Å². The topological polar surface area (TPSA) is 202 Å². The van der Waals surface area contributed by atoms with Crippen LogP contribution in [0.15, 0.2) is 28.1 Å². The number of pyridine rings is 2. The average Bonchev–Trinajstić information content (AvgIpc) is 3.38. The number of aromatic nitrogens is 2. The van der Waals surface area contributed by atoms with E-state index in [0.29, 0.717) is 19.8 Å². The number of morpholine rings is 1. The van der Waals surface area contributed by atoms with Gasteiger partial charge in [0.25, 0.3) is 11.2 Å². The monoisotopic (exact) mass is 594 g/mol. The number of hydrogen-bond donors (Lipinski definition) is 1. The van der Waals surface area contributed by atoms with Crippen LogP contribution in [-0.2, 0) is 37.9 Å². The number of nitro groups is 2. The fourth-order valence-electron chi connectivity index (χ4n) is 5.90. The molecule has 1 aromatic carbocycles. The molecule has 5 heterocycles. The number of non-ortho nitro benzene ring substituents is 1. The lowest BCUT2D eigenvalue weighted by Crippen LogP contribution is -2.45. The van der Waals surface area contributed by atoms with Gasteiger partial charge in [0.15, 0.2) is 5.60 Å². The maximum atomic E-state index is 13.7. The van der Waals surface area contributed by atoms with Crippen molar-refractivity contribution in [3.63, 3.8) is 0 Å². The Kier molecular flexibility index (Phi) is 7.11. The molecule has 1 fully saturated rings. The number of carbonyl (C=O) groups is 1. The standard InChI is InChI=1S/C27H26N6O10/c1-2-27(36)21-17(14-42-26(27)35)25(34)31-13-16-15(12-28-43-11-8-30-6-9-41-10-7-30)20-18(4-3-5-19(20)32(37)38)29-22(16)24(31)23(21)33(39)40/h3-5,12,36H,2,6-11,13-14H2,1H3/b28-12+. The summed E-state index contributed by atoms with van der Waals surface area (Å²) >= 11 is 0. The molecule has 16 nitrogen and oxygen atoms in total. The van der Waals surface area contributed by atoms with Gasteiger partial charge in [0.2, 0.25) is 0 Å². The largest absolute Gasteiger partial charge is 0.458 e. The molecule has 224 valence electrons. The van der Waals surface area contributed by atoms with E-state index in [2.05, 4.69) is 15.0 Å². The van der Waals surface area contributed by atoms with Crippen LogP contribution in [0.25, 0.3) is 22.3 Å². The summed E-state index contributed by atoms with van der Waals surface area (Å²) in [7, 11) is 0. The lowest BCUT2D eigenvalue weighted by molar-refractivity contribution is -0.386. The highest BCUT2D eigenvalue weighted by Crippen LogP contribution is 2.47. The molecule has 1 N–H and O–H groups in total. The SMILES string of the molecule is CCC1(O)C(=O)OCc2c1c([N+](=O)[O-])c1n(c2=O)Cc2c-1nc1cccc([N+](=O)[O-])c1c2/C=N/OCCN1CCOCC1. The maximum absolute atomic E-state index is 13.7. The van der Waals surface area contributed by atoms with Crippen molar-refractivity contribution in [2.24, 2.45) is 5.16 Å². The predicted octanol–water partition coefficient (Wildman–Crippen LogP) is 1.58. The number of esters is 1. The number of nitrogens with zero attached hydrogens (tertiary/aromatic N) is 6. The zero-order valence-corrected chi connectivity index (χ0v) is 23.0. The van der Waals surface area contributed by atoms with Gasteiger partial charge in [0, 0.05) is 36.8 Å². The van der Waals surface area contributed by atoms with Crippen molar-refractivity contribution in [3.05, 3.63) is 71.0 Å². The molecule has 16 heteroatoms. The van der Waals surface area contributed by atoms with E-state index in [-0.39, 0.29) is 64.2 Å². The summed E-state index contributed by atoms with van der Waals surface area (Å²) in [5, 5.41) is 40.0. The Morgan fingerprint density at radius 2 is 1.95 bits per heavy atom. The van der Waals surface area contributed by atoms with Crippen molar-refractivity contribution in [3.8, 4) is 11.4 Å². The predicted molar refractivity (Wildman–Crippen MR) is 149 cm³/mol. The van der Waals surface area contributed by atoms with Gasteiger partial charge < -0.3 is 19.4 Å². The van der Waals surface area contributed by atoms with Crippen molar-refractivity contribution < 1.29 is 34.1 Å². The van der Waals surface area contributed by atoms with Crippen LogP contribution in [0, 0.1) is 20.2 Å². The van der Waals surface area contributed by atoms with E-state index in [1.807, 2.05) is 0 Å². The number of hydrogen-bond acceptors (Lipinski definition) is 13. The van der Waals surface area contributed by atoms with E-state index in [4.69, 9.17) is 14.3 Å². The number of cyclic esters (lactones) is 1. The summed E-state index contributed by atoms with van der Waals surface area (Å²) in [5.41, 5.74) is -4.35. The molecule has 3 aliphatic rings. The van der Waals surface area contributed by atoms with E-state index in [0.717, 1.165) is 17.7 Å². The van der Waals surface area contributed by atoms with Gasteiger partial charge in [-0.25, -0.2) is 9.78 Å². The third-order valence-corrected chi connectivity index (χ3v) is 8.06. The Morgan fingerprint density at radius 3 is 2.65 bits per heavy atom. The van der Waals surface area contributed by atoms with Crippen LogP contribution in [0.2, 0.25) is 0 Å². The first-order valence-corrected chi connectivity index (χ1v) is 13.6. The number of oxime groups is 1. The maximum Gasteiger partial charge on any atom is 0.343 e. The van der Waals surface area contributed by atoms with Crippen molar-refractivity contribution in [1.82, 2.24) is 14.5 Å². The molecule has 0 spiro atoms. The average molecular weight is 595 g/mol. The van der Waals surface area contributed by atoms with Gasteiger partial charge >= 0.3 is 11.7 Å². The van der Waals surface area contributed by atoms with E-state index in [1.165, 1.54) is 31.3 Å². The second kappa shape index (κ2) is 10.8. The van der Waals surface area contributed by atoms with Crippen molar-refractivity contribution in [2.75, 3.05) is 39.5 Å². The number of benzene rings is 1. The van der Waals surface area contributed by atoms with Gasteiger partial charge in [0.05, 0.1) is 57.8 Å². The van der Waals surface area contributed by atoms with Crippen molar-refractivity contribution >= 4 is 34.5 Å². The third kappa shape index (κ3) is 4.50. The second-order valence-electron chi connectivity index (χ2n) is 10.3. The van der Waals surface area contributed by atoms with Gasteiger partial charge in [-0.05, 0) is 12.5 Å². The molecule has 2 aromatic heterocycles. The van der Waals surface area contributed by atoms with Crippen molar-refractivity contribution in [2.45, 2.75) is 32.1 Å². The van der Waals surface area contributed by atoms with Gasteiger partial charge in [-0.3, -0.25) is 34.5 Å². The van der Waals surface area contributed by atoms with Crippen LogP contribution in [0.3, 0.4) is 0 Å². The molecule has 0 amide bonds. The van der Waals surface area contributed by atoms with E-state index >= 15 is 0 Å². The molecule has 1 saturated heterocycles. The van der Waals surface area contributed by atoms with Crippen LogP contribution in [0.5, 0.6) is 0 Å². The molecule has 6 rings (SSSR count). The smallest absolute Gasteiger partial charge is 0.343 e. The number of nitro benzene ring substituents is 1. The summed E-state index contributed by atoms with van der Waals surface area (Å²) in [4.78, 5) is 61.8. The van der Waals surface area contributed by atoms with Gasteiger partial charge in [0.1, 0.15) is 24.6 Å². The molecule has 1 unspecified atom stereocenters. The molecular formula is C27H26N6O10. The Labute approximate surface area is 242 Å². The fraction of sp³-hybridized carbons (Fsp3) is 0.407. The van der Waals surface area contributed by atoms with Crippen LogP contribution >= 0.6 is 0 Å². The van der Waals surface area contributed by atoms with E-state index < -0.39 is 44.8 Å². The Bertz CT molecular complexity index is 1780. The normalized spacial score (nSPS) is 19.6. The fourth-order valence-corrected chi connectivity index (χ4v) is 5.90. The van der Waals surface area contributed by atoms with Crippen LogP contribution in [0.1, 0.15) is 35.6 Å². The van der Waals surface area contributed by atoms with Gasteiger partial charge in [-0.1, -0.05) is 18.1 Å². The summed E-state index contributed by atoms with van der Waals surface area (Å²) in [6.45, 7) is 4.20. The summed E-state index contributed by atoms with van der Waals surface area (Å²) in [6, 6.07) is 4.23. The number of aliphatic hydroxyl groups is 1. The number of fused-ring (bicyclic) bond motifs is 5. The lowest BCUT2D eigenvalue weighted by atomic mass is 9.84. The summed E-state index contributed by atoms with van der Waals surface area (Å²) < 4.78 is 11.5. The minimum atomic E-state index is -2.43. The molecule has 1 atom stereocenters. The lowest BCUT2D eigenvalue weighted by Gasteiger charge is -2.31. The minimum absolute atomic E-state index is 0.00626. The Morgan fingerprint density at radius 1 is 1.19 bits per heavy atom. The highest BCUT2D eigenvalue weighted by Gasteiger charge is 2.52. The van der Waals surface area contributed by atoms with E-state index in [1.54, 1.807) is 0 Å². The van der Waals surface area contributed by atoms with Crippen molar-refractivity contribution in [1.29, 1.82) is 0 Å². The molecular weight excluding hydrogens is 568 g/mol. The zero-order valence-electron chi connectivity index (χ0n) is 23.0. The molecule has 0 saturated carbocycles. The van der Waals surface area contributed by atoms with Gasteiger partial charge in [-0.15, -0.1) is 0 Å². The molecule has 43 heavy (non-hydrogen) atoms. The first kappa shape index (κ1) is 28.3. The molecule has 0 bridgehead atoms. The summed E-state index contributed by atoms with van der Waals surface area (Å²) in [5.74, 6) is -1.10. The third-order valence-electron chi connectivity index (χ3n) is 8.06.